The van der Waals surface area contributed by atoms with Crippen LogP contribution in [0.5, 0.6) is 0 Å². The molecule has 106 valence electrons. The molecule has 0 fully saturated rings. The van der Waals surface area contributed by atoms with Crippen molar-refractivity contribution in [2.24, 2.45) is 0 Å². The van der Waals surface area contributed by atoms with Crippen molar-refractivity contribution < 1.29 is 0 Å². The first kappa shape index (κ1) is 15.7. The van der Waals surface area contributed by atoms with E-state index >= 15 is 0 Å². The minimum absolute atomic E-state index is 0.699. The summed E-state index contributed by atoms with van der Waals surface area (Å²) < 4.78 is -1.44. The molecule has 0 amide bonds. The summed E-state index contributed by atoms with van der Waals surface area (Å²) in [6.07, 6.45) is 0. The van der Waals surface area contributed by atoms with Gasteiger partial charge >= 0.3 is 0 Å². The van der Waals surface area contributed by atoms with Gasteiger partial charge in [-0.05, 0) is 31.9 Å². The summed E-state index contributed by atoms with van der Waals surface area (Å²) in [5, 5.41) is 0. The van der Waals surface area contributed by atoms with Gasteiger partial charge in [-0.3, -0.25) is 0 Å². The quantitative estimate of drug-likeness (QED) is 0.595. The van der Waals surface area contributed by atoms with Gasteiger partial charge in [-0.15, -0.1) is 0 Å². The predicted octanol–water partition coefficient (Wildman–Crippen LogP) is 5.98. The molecule has 3 heteroatoms. The summed E-state index contributed by atoms with van der Waals surface area (Å²) >= 11 is 19.0. The van der Waals surface area contributed by atoms with Crippen molar-refractivity contribution in [2.45, 2.75) is 30.0 Å². The lowest BCUT2D eigenvalue weighted by Gasteiger charge is -2.37. The minimum atomic E-state index is -1.44. The molecule has 0 heterocycles. The summed E-state index contributed by atoms with van der Waals surface area (Å²) in [6, 6.07) is 16.2. The molecule has 0 radical (unpaired) electrons. The SMILES string of the molecule is Cc1cccc(C(C)(c2cccc(C)c2)C(Cl)(Cl)Cl)c1. The van der Waals surface area contributed by atoms with Crippen LogP contribution in [0.4, 0.5) is 0 Å². The van der Waals surface area contributed by atoms with Crippen LogP contribution in [0.2, 0.25) is 0 Å². The van der Waals surface area contributed by atoms with E-state index in [1.54, 1.807) is 0 Å². The molecule has 0 N–H and O–H groups in total. The maximum absolute atomic E-state index is 6.34. The van der Waals surface area contributed by atoms with E-state index in [0.717, 1.165) is 22.3 Å². The van der Waals surface area contributed by atoms with Crippen molar-refractivity contribution >= 4 is 34.8 Å². The molecular formula is C17H17Cl3. The van der Waals surface area contributed by atoms with E-state index in [-0.39, 0.29) is 0 Å². The maximum atomic E-state index is 6.34. The van der Waals surface area contributed by atoms with Crippen molar-refractivity contribution in [2.75, 3.05) is 0 Å². The third kappa shape index (κ3) is 2.83. The lowest BCUT2D eigenvalue weighted by atomic mass is 9.76. The summed E-state index contributed by atoms with van der Waals surface area (Å²) in [6.45, 7) is 6.06. The Labute approximate surface area is 135 Å². The maximum Gasteiger partial charge on any atom is 0.203 e. The van der Waals surface area contributed by atoms with Gasteiger partial charge in [0.2, 0.25) is 3.79 Å². The average Bonchev–Trinajstić information content (AvgIpc) is 2.36. The Morgan fingerprint density at radius 2 is 1.15 bits per heavy atom. The second-order valence-corrected chi connectivity index (χ2v) is 7.64. The summed E-state index contributed by atoms with van der Waals surface area (Å²) in [7, 11) is 0. The van der Waals surface area contributed by atoms with Crippen LogP contribution in [-0.4, -0.2) is 3.79 Å². The highest BCUT2D eigenvalue weighted by Gasteiger charge is 2.47. The van der Waals surface area contributed by atoms with Crippen molar-refractivity contribution in [1.29, 1.82) is 0 Å². The molecule has 20 heavy (non-hydrogen) atoms. The molecule has 0 atom stereocenters. The molecule has 0 bridgehead atoms. The number of benzene rings is 2. The number of rotatable bonds is 2. The zero-order valence-corrected chi connectivity index (χ0v) is 14.0. The van der Waals surface area contributed by atoms with Gasteiger partial charge in [-0.1, -0.05) is 94.5 Å². The number of hydrogen-bond acceptors (Lipinski definition) is 0. The lowest BCUT2D eigenvalue weighted by molar-refractivity contribution is 0.584. The Morgan fingerprint density at radius 1 is 0.750 bits per heavy atom. The molecule has 0 aliphatic heterocycles. The fraction of sp³-hybridized carbons (Fsp3) is 0.294. The zero-order valence-electron chi connectivity index (χ0n) is 11.8. The molecule has 0 saturated heterocycles. The Morgan fingerprint density at radius 3 is 1.45 bits per heavy atom. The first-order chi connectivity index (χ1) is 9.25. The van der Waals surface area contributed by atoms with Crippen molar-refractivity contribution in [1.82, 2.24) is 0 Å². The van der Waals surface area contributed by atoms with Crippen LogP contribution in [0.25, 0.3) is 0 Å². The summed E-state index contributed by atoms with van der Waals surface area (Å²) in [4.78, 5) is 0. The molecular weight excluding hydrogens is 311 g/mol. The number of halogens is 3. The largest absolute Gasteiger partial charge is 0.203 e. The third-order valence-electron chi connectivity index (χ3n) is 3.76. The molecule has 0 aromatic heterocycles. The molecule has 0 aliphatic rings. The molecule has 2 aromatic carbocycles. The zero-order chi connectivity index (χ0) is 15.0. The predicted molar refractivity (Wildman–Crippen MR) is 89.1 cm³/mol. The van der Waals surface area contributed by atoms with Crippen LogP contribution in [-0.2, 0) is 5.41 Å². The van der Waals surface area contributed by atoms with E-state index in [1.165, 1.54) is 0 Å². The molecule has 0 spiro atoms. The molecule has 0 aliphatic carbocycles. The van der Waals surface area contributed by atoms with Crippen LogP contribution < -0.4 is 0 Å². The molecule has 2 aromatic rings. The second kappa shape index (κ2) is 5.60. The Bertz CT molecular complexity index is 566. The normalized spacial score (nSPS) is 12.5. The molecule has 0 saturated carbocycles. The van der Waals surface area contributed by atoms with Gasteiger partial charge in [0.25, 0.3) is 0 Å². The highest BCUT2D eigenvalue weighted by molar-refractivity contribution is 6.68. The van der Waals surface area contributed by atoms with E-state index < -0.39 is 9.21 Å². The monoisotopic (exact) mass is 326 g/mol. The smallest absolute Gasteiger partial charge is 0.0823 e. The van der Waals surface area contributed by atoms with Gasteiger partial charge in [-0.2, -0.15) is 0 Å². The van der Waals surface area contributed by atoms with Gasteiger partial charge in [0.05, 0.1) is 5.41 Å². The van der Waals surface area contributed by atoms with Crippen molar-refractivity contribution in [3.63, 3.8) is 0 Å². The number of hydrogen-bond donors (Lipinski definition) is 0. The fourth-order valence-corrected chi connectivity index (χ4v) is 3.06. The van der Waals surface area contributed by atoms with Crippen LogP contribution in [0.15, 0.2) is 48.5 Å². The topological polar surface area (TPSA) is 0 Å². The fourth-order valence-electron chi connectivity index (χ4n) is 2.41. The Hall–Kier alpha value is -0.690. The van der Waals surface area contributed by atoms with E-state index in [4.69, 9.17) is 34.8 Å². The molecule has 2 rings (SSSR count). The van der Waals surface area contributed by atoms with E-state index in [0.29, 0.717) is 0 Å². The Balaban J connectivity index is 2.69. The summed E-state index contributed by atoms with van der Waals surface area (Å²) in [5.41, 5.74) is 3.60. The standard InChI is InChI=1S/C17H17Cl3/c1-12-6-4-8-14(10-12)16(3,17(18,19)20)15-9-5-7-13(2)11-15/h4-11H,1-3H3. The van der Waals surface area contributed by atoms with Crippen LogP contribution in [0, 0.1) is 13.8 Å². The lowest BCUT2D eigenvalue weighted by Crippen LogP contribution is -2.38. The van der Waals surface area contributed by atoms with E-state index in [9.17, 15) is 0 Å². The minimum Gasteiger partial charge on any atom is -0.0823 e. The van der Waals surface area contributed by atoms with Crippen LogP contribution >= 0.6 is 34.8 Å². The summed E-state index contributed by atoms with van der Waals surface area (Å²) in [5.74, 6) is 0. The highest BCUT2D eigenvalue weighted by atomic mass is 35.6. The van der Waals surface area contributed by atoms with Gasteiger partial charge < -0.3 is 0 Å². The first-order valence-corrected chi connectivity index (χ1v) is 7.59. The van der Waals surface area contributed by atoms with Gasteiger partial charge in [-0.25, -0.2) is 0 Å². The van der Waals surface area contributed by atoms with Crippen molar-refractivity contribution in [3.8, 4) is 0 Å². The van der Waals surface area contributed by atoms with E-state index in [1.807, 2.05) is 57.2 Å². The number of aryl methyl sites for hydroxylation is 2. The second-order valence-electron chi connectivity index (χ2n) is 5.36. The van der Waals surface area contributed by atoms with Gasteiger partial charge in [0, 0.05) is 0 Å². The van der Waals surface area contributed by atoms with Crippen LogP contribution in [0.3, 0.4) is 0 Å². The van der Waals surface area contributed by atoms with E-state index in [2.05, 4.69) is 12.1 Å². The van der Waals surface area contributed by atoms with Gasteiger partial charge in [0.15, 0.2) is 0 Å². The van der Waals surface area contributed by atoms with Crippen LogP contribution in [0.1, 0.15) is 29.2 Å². The molecule has 0 nitrogen and oxygen atoms in total. The third-order valence-corrected chi connectivity index (χ3v) is 4.89. The number of alkyl halides is 3. The Kier molecular flexibility index (Phi) is 4.39. The average molecular weight is 328 g/mol. The van der Waals surface area contributed by atoms with Crippen molar-refractivity contribution in [3.05, 3.63) is 70.8 Å². The van der Waals surface area contributed by atoms with Gasteiger partial charge in [0.1, 0.15) is 0 Å². The first-order valence-electron chi connectivity index (χ1n) is 6.46. The highest BCUT2D eigenvalue weighted by Crippen LogP contribution is 2.50. The molecule has 0 unspecified atom stereocenters.